The van der Waals surface area contributed by atoms with Gasteiger partial charge in [-0.15, -0.1) is 10.2 Å². The molecule has 0 radical (unpaired) electrons. The van der Waals surface area contributed by atoms with E-state index >= 15 is 0 Å². The van der Waals surface area contributed by atoms with Crippen LogP contribution in [0.5, 0.6) is 0 Å². The standard InChI is InChI=1S/C25H36N8OS/c1-16(2)12-17(3)13-23(34)30-22(27)11-10-21(26)8-6-7-9-24-32-33-25(35-24)29-18(4)14-20-15-28-31-19(20)5/h10-12,15H,1,4,6-9,13-14,26-27H2,2-3,5H3,(H,28,31)(H,29,33)(H,30,34)/b17-12+,21-10-,22-11+. The lowest BCUT2D eigenvalue weighted by Crippen LogP contribution is -2.27. The summed E-state index contributed by atoms with van der Waals surface area (Å²) in [5.74, 6) is 0.0892. The molecule has 2 aromatic rings. The first-order valence-electron chi connectivity index (χ1n) is 11.4. The number of unbranched alkanes of at least 4 members (excludes halogenated alkanes) is 1. The summed E-state index contributed by atoms with van der Waals surface area (Å²) in [6, 6.07) is 0. The van der Waals surface area contributed by atoms with Gasteiger partial charge in [0.2, 0.25) is 11.0 Å². The fourth-order valence-electron chi connectivity index (χ4n) is 3.24. The molecule has 0 fully saturated rings. The van der Waals surface area contributed by atoms with Crippen LogP contribution in [0.3, 0.4) is 0 Å². The number of aromatic nitrogens is 4. The van der Waals surface area contributed by atoms with E-state index in [4.69, 9.17) is 11.5 Å². The highest BCUT2D eigenvalue weighted by atomic mass is 32.1. The number of aromatic amines is 1. The van der Waals surface area contributed by atoms with Crippen molar-refractivity contribution in [3.05, 3.63) is 82.2 Å². The van der Waals surface area contributed by atoms with E-state index in [0.29, 0.717) is 12.1 Å². The fraction of sp³-hybridized carbons (Fsp3) is 0.360. The second-order valence-electron chi connectivity index (χ2n) is 8.56. The van der Waals surface area contributed by atoms with Gasteiger partial charge in [-0.1, -0.05) is 41.7 Å². The average Bonchev–Trinajstić information content (AvgIpc) is 3.37. The van der Waals surface area contributed by atoms with Gasteiger partial charge in [0.1, 0.15) is 10.8 Å². The average molecular weight is 497 g/mol. The molecule has 0 saturated heterocycles. The van der Waals surface area contributed by atoms with Crippen LogP contribution >= 0.6 is 11.3 Å². The number of hydrogen-bond donors (Lipinski definition) is 5. The van der Waals surface area contributed by atoms with Gasteiger partial charge in [0.05, 0.1) is 6.20 Å². The number of nitrogens with one attached hydrogen (secondary N) is 3. The summed E-state index contributed by atoms with van der Waals surface area (Å²) in [5, 5.41) is 23.0. The number of carbonyl (C=O) groups is 1. The second kappa shape index (κ2) is 13.9. The van der Waals surface area contributed by atoms with Crippen LogP contribution in [0.15, 0.2) is 65.9 Å². The molecular formula is C25H36N8OS. The number of rotatable bonds is 14. The van der Waals surface area contributed by atoms with Crippen molar-refractivity contribution in [2.24, 2.45) is 11.5 Å². The largest absolute Gasteiger partial charge is 0.402 e. The zero-order valence-corrected chi connectivity index (χ0v) is 21.6. The van der Waals surface area contributed by atoms with Crippen molar-refractivity contribution in [3.8, 4) is 0 Å². The fourth-order valence-corrected chi connectivity index (χ4v) is 4.07. The molecule has 0 unspecified atom stereocenters. The first-order valence-corrected chi connectivity index (χ1v) is 12.2. The highest BCUT2D eigenvalue weighted by molar-refractivity contribution is 7.15. The first-order chi connectivity index (χ1) is 16.6. The summed E-state index contributed by atoms with van der Waals surface area (Å²) >= 11 is 1.53. The Kier molecular flexibility index (Phi) is 11.0. The molecule has 10 heteroatoms. The summed E-state index contributed by atoms with van der Waals surface area (Å²) in [7, 11) is 0. The van der Waals surface area contributed by atoms with Gasteiger partial charge in [-0.3, -0.25) is 9.89 Å². The maximum absolute atomic E-state index is 12.0. The van der Waals surface area contributed by atoms with Crippen molar-refractivity contribution >= 4 is 22.4 Å². The van der Waals surface area contributed by atoms with Gasteiger partial charge >= 0.3 is 0 Å². The number of H-pyrrole nitrogens is 1. The number of allylic oxidation sites excluding steroid dienone is 6. The van der Waals surface area contributed by atoms with Crippen LogP contribution < -0.4 is 22.1 Å². The third-order valence-corrected chi connectivity index (χ3v) is 5.79. The Morgan fingerprint density at radius 2 is 1.97 bits per heavy atom. The number of anilines is 1. The van der Waals surface area contributed by atoms with Crippen molar-refractivity contribution < 1.29 is 4.79 Å². The summed E-state index contributed by atoms with van der Waals surface area (Å²) in [6.45, 7) is 13.6. The Morgan fingerprint density at radius 3 is 2.66 bits per heavy atom. The van der Waals surface area contributed by atoms with Gasteiger partial charge in [0.15, 0.2) is 0 Å². The number of nitrogens with zero attached hydrogens (tertiary/aromatic N) is 3. The lowest BCUT2D eigenvalue weighted by atomic mass is 10.1. The molecule has 2 aromatic heterocycles. The zero-order valence-electron chi connectivity index (χ0n) is 20.8. The van der Waals surface area contributed by atoms with Crippen LogP contribution in [0.2, 0.25) is 0 Å². The molecule has 7 N–H and O–H groups in total. The molecule has 9 nitrogen and oxygen atoms in total. The normalized spacial score (nSPS) is 12.5. The van der Waals surface area contributed by atoms with Crippen LogP contribution in [-0.4, -0.2) is 26.3 Å². The molecule has 0 aliphatic rings. The van der Waals surface area contributed by atoms with E-state index in [0.717, 1.165) is 63.9 Å². The number of carbonyl (C=O) groups excluding carboxylic acids is 1. The number of aryl methyl sites for hydroxylation is 2. The third-order valence-electron chi connectivity index (χ3n) is 4.89. The van der Waals surface area contributed by atoms with E-state index in [-0.39, 0.29) is 18.1 Å². The van der Waals surface area contributed by atoms with E-state index in [1.165, 1.54) is 11.3 Å². The topological polar surface area (TPSA) is 148 Å². The van der Waals surface area contributed by atoms with Crippen molar-refractivity contribution in [2.45, 2.75) is 59.3 Å². The summed E-state index contributed by atoms with van der Waals surface area (Å²) in [6.07, 6.45) is 11.4. The Hall–Kier alpha value is -3.66. The van der Waals surface area contributed by atoms with E-state index in [1.54, 1.807) is 18.3 Å². The minimum absolute atomic E-state index is 0.174. The number of nitrogens with two attached hydrogens (primary N) is 2. The molecule has 2 rings (SSSR count). The monoisotopic (exact) mass is 496 g/mol. The van der Waals surface area contributed by atoms with Crippen molar-refractivity contribution in [3.63, 3.8) is 0 Å². The van der Waals surface area contributed by atoms with Crippen molar-refractivity contribution in [1.82, 2.24) is 25.7 Å². The highest BCUT2D eigenvalue weighted by Crippen LogP contribution is 2.20. The van der Waals surface area contributed by atoms with E-state index in [2.05, 4.69) is 44.2 Å². The molecule has 0 atom stereocenters. The van der Waals surface area contributed by atoms with Crippen molar-refractivity contribution in [1.29, 1.82) is 0 Å². The molecule has 0 spiro atoms. The van der Waals surface area contributed by atoms with Gasteiger partial charge in [0, 0.05) is 36.4 Å². The maximum atomic E-state index is 12.0. The van der Waals surface area contributed by atoms with Gasteiger partial charge in [-0.25, -0.2) is 0 Å². The molecule has 0 bridgehead atoms. The third kappa shape index (κ3) is 10.9. The Morgan fingerprint density at radius 1 is 1.20 bits per heavy atom. The summed E-state index contributed by atoms with van der Waals surface area (Å²) in [5.41, 5.74) is 17.4. The minimum Gasteiger partial charge on any atom is -0.402 e. The van der Waals surface area contributed by atoms with Gasteiger partial charge < -0.3 is 22.1 Å². The molecule has 35 heavy (non-hydrogen) atoms. The van der Waals surface area contributed by atoms with Crippen LogP contribution in [0, 0.1) is 6.92 Å². The number of hydrogen-bond acceptors (Lipinski definition) is 8. The van der Waals surface area contributed by atoms with Gasteiger partial charge in [0.25, 0.3) is 0 Å². The molecule has 1 amide bonds. The minimum atomic E-state index is -0.174. The number of amides is 1. The Labute approximate surface area is 211 Å². The van der Waals surface area contributed by atoms with E-state index in [1.807, 2.05) is 26.8 Å². The van der Waals surface area contributed by atoms with E-state index < -0.39 is 0 Å². The Balaban J connectivity index is 1.69. The predicted molar refractivity (Wildman–Crippen MR) is 143 cm³/mol. The predicted octanol–water partition coefficient (Wildman–Crippen LogP) is 4.12. The molecule has 2 heterocycles. The molecule has 188 valence electrons. The van der Waals surface area contributed by atoms with Crippen LogP contribution in [0.25, 0.3) is 0 Å². The molecular weight excluding hydrogens is 460 g/mol. The maximum Gasteiger partial charge on any atom is 0.229 e. The molecule has 0 saturated carbocycles. The lowest BCUT2D eigenvalue weighted by Gasteiger charge is -2.05. The van der Waals surface area contributed by atoms with Crippen LogP contribution in [0.1, 0.15) is 55.8 Å². The van der Waals surface area contributed by atoms with Crippen LogP contribution in [-0.2, 0) is 17.6 Å². The molecule has 0 aliphatic heterocycles. The van der Waals surface area contributed by atoms with Gasteiger partial charge in [-0.2, -0.15) is 5.10 Å². The van der Waals surface area contributed by atoms with Crippen LogP contribution in [0.4, 0.5) is 5.13 Å². The SMILES string of the molecule is C=C(C)/C=C(\C)CC(=O)N/C(N)=C/C=C(\N)CCCCc1nnc(NC(=C)Cc2cn[nH]c2C)s1. The summed E-state index contributed by atoms with van der Waals surface area (Å²) in [4.78, 5) is 12.0. The molecule has 0 aromatic carbocycles. The zero-order chi connectivity index (χ0) is 25.8. The first kappa shape index (κ1) is 27.6. The second-order valence-corrected chi connectivity index (χ2v) is 9.62. The smallest absolute Gasteiger partial charge is 0.229 e. The van der Waals surface area contributed by atoms with Crippen molar-refractivity contribution in [2.75, 3.05) is 5.32 Å². The Bertz CT molecular complexity index is 1120. The van der Waals surface area contributed by atoms with Gasteiger partial charge in [-0.05, 0) is 57.7 Å². The quantitative estimate of drug-likeness (QED) is 0.195. The summed E-state index contributed by atoms with van der Waals surface area (Å²) < 4.78 is 0. The highest BCUT2D eigenvalue weighted by Gasteiger charge is 2.08. The molecule has 0 aliphatic carbocycles. The van der Waals surface area contributed by atoms with E-state index in [9.17, 15) is 4.79 Å². The lowest BCUT2D eigenvalue weighted by molar-refractivity contribution is -0.119.